The van der Waals surface area contributed by atoms with E-state index in [4.69, 9.17) is 4.99 Å². The number of benzene rings is 1. The zero-order valence-electron chi connectivity index (χ0n) is 19.1. The van der Waals surface area contributed by atoms with Crippen LogP contribution in [0.3, 0.4) is 0 Å². The van der Waals surface area contributed by atoms with Gasteiger partial charge in [0.1, 0.15) is 11.5 Å². The number of rotatable bonds is 5. The summed E-state index contributed by atoms with van der Waals surface area (Å²) in [5, 5.41) is 4.61. The van der Waals surface area contributed by atoms with Gasteiger partial charge in [-0.15, -0.1) is 9.78 Å². The third-order valence-corrected chi connectivity index (χ3v) is 6.27. The maximum atomic E-state index is 14.6. The number of imide groups is 1. The van der Waals surface area contributed by atoms with Gasteiger partial charge in [-0.3, -0.25) is 14.6 Å². The molecule has 4 rings (SSSR count). The number of aliphatic imine (C=N–C) groups is 1. The molecule has 0 aliphatic carbocycles. The van der Waals surface area contributed by atoms with Crippen molar-refractivity contribution in [2.75, 3.05) is 13.6 Å². The summed E-state index contributed by atoms with van der Waals surface area (Å²) in [4.78, 5) is 33.8. The van der Waals surface area contributed by atoms with Crippen molar-refractivity contribution >= 4 is 23.7 Å². The van der Waals surface area contributed by atoms with Crippen LogP contribution in [0.2, 0.25) is 0 Å². The Hall–Kier alpha value is -3.36. The number of aromatic nitrogens is 2. The number of likely N-dealkylation sites (N-methyl/N-ethyl adjacent to an activating group) is 1. The second kappa shape index (κ2) is 8.29. The zero-order chi connectivity index (χ0) is 23.2. The van der Waals surface area contributed by atoms with Crippen molar-refractivity contribution in [3.8, 4) is 0 Å². The lowest BCUT2D eigenvalue weighted by molar-refractivity contribution is -0.553. The summed E-state index contributed by atoms with van der Waals surface area (Å²) < 4.78 is 18.0. The summed E-state index contributed by atoms with van der Waals surface area (Å²) in [6.45, 7) is 8.26. The van der Waals surface area contributed by atoms with Crippen LogP contribution in [0.15, 0.2) is 29.3 Å². The van der Waals surface area contributed by atoms with Crippen molar-refractivity contribution < 1.29 is 18.6 Å². The van der Waals surface area contributed by atoms with Gasteiger partial charge in [0.15, 0.2) is 0 Å². The van der Waals surface area contributed by atoms with E-state index in [1.54, 1.807) is 34.5 Å². The molecule has 2 aliphatic rings. The fourth-order valence-electron chi connectivity index (χ4n) is 4.08. The van der Waals surface area contributed by atoms with Gasteiger partial charge in [-0.2, -0.15) is 0 Å². The highest BCUT2D eigenvalue weighted by Crippen LogP contribution is 2.24. The molecule has 168 valence electrons. The highest BCUT2D eigenvalue weighted by Gasteiger charge is 2.53. The Morgan fingerprint density at radius 1 is 1.16 bits per heavy atom. The Morgan fingerprint density at radius 3 is 2.50 bits per heavy atom. The lowest BCUT2D eigenvalue weighted by Gasteiger charge is -2.34. The van der Waals surface area contributed by atoms with E-state index >= 15 is 0 Å². The minimum absolute atomic E-state index is 0.118. The van der Waals surface area contributed by atoms with Crippen LogP contribution >= 0.6 is 0 Å². The molecule has 2 aliphatic heterocycles. The smallest absolute Gasteiger partial charge is 0.270 e. The van der Waals surface area contributed by atoms with Crippen molar-refractivity contribution in [1.29, 1.82) is 0 Å². The molecule has 0 spiro atoms. The van der Waals surface area contributed by atoms with Crippen LogP contribution in [0.25, 0.3) is 0 Å². The fourth-order valence-corrected chi connectivity index (χ4v) is 4.08. The lowest BCUT2D eigenvalue weighted by atomic mass is 10.1. The molecule has 3 amide bonds. The van der Waals surface area contributed by atoms with Gasteiger partial charge in [0.05, 0.1) is 12.2 Å². The van der Waals surface area contributed by atoms with Gasteiger partial charge < -0.3 is 0 Å². The first-order chi connectivity index (χ1) is 15.3. The van der Waals surface area contributed by atoms with Crippen molar-refractivity contribution in [3.63, 3.8) is 0 Å². The minimum atomic E-state index is -0.826. The standard InChI is InChI=1S/C23H28FN6O2/c1-6-7-12-28-21(31)19-20(27(5)23(28)32)25-22(30-16(4)14(2)15(3)26-30)29(19)13-17-10-8-9-11-18(17)24/h8-11,19H,6-7,12-13H2,1-5H3/q+1. The number of hydrogen-bond acceptors (Lipinski definition) is 4. The van der Waals surface area contributed by atoms with Gasteiger partial charge in [0.2, 0.25) is 11.9 Å². The maximum Gasteiger partial charge on any atom is 0.421 e. The highest BCUT2D eigenvalue weighted by molar-refractivity contribution is 6.23. The van der Waals surface area contributed by atoms with Crippen molar-refractivity contribution in [1.82, 2.24) is 19.6 Å². The third kappa shape index (κ3) is 3.41. The number of carbonyl (C=O) groups is 2. The molecule has 8 nitrogen and oxygen atoms in total. The summed E-state index contributed by atoms with van der Waals surface area (Å²) in [5.41, 5.74) is 3.17. The second-order valence-corrected chi connectivity index (χ2v) is 8.28. The predicted molar refractivity (Wildman–Crippen MR) is 118 cm³/mol. The first-order valence-corrected chi connectivity index (χ1v) is 10.8. The van der Waals surface area contributed by atoms with Gasteiger partial charge in [-0.1, -0.05) is 36.5 Å². The number of carbonyl (C=O) groups excluding carboxylic acids is 2. The molecule has 32 heavy (non-hydrogen) atoms. The van der Waals surface area contributed by atoms with E-state index in [1.165, 1.54) is 15.9 Å². The summed E-state index contributed by atoms with van der Waals surface area (Å²) in [6.07, 6.45) is 1.57. The SMILES string of the molecule is CCCCN1C(=O)C2C(=NC(n3nc(C)c(C)c3C)=[N+]2Cc2ccccc2F)N(C)C1=O. The molecule has 2 aromatic rings. The monoisotopic (exact) mass is 439 g/mol. The molecule has 1 aromatic carbocycles. The van der Waals surface area contributed by atoms with E-state index in [0.717, 1.165) is 23.4 Å². The zero-order valence-corrected chi connectivity index (χ0v) is 19.1. The van der Waals surface area contributed by atoms with Crippen LogP contribution in [0.5, 0.6) is 0 Å². The van der Waals surface area contributed by atoms with Crippen molar-refractivity contribution in [2.24, 2.45) is 4.99 Å². The molecule has 1 atom stereocenters. The van der Waals surface area contributed by atoms with Gasteiger partial charge in [0.25, 0.3) is 5.91 Å². The predicted octanol–water partition coefficient (Wildman–Crippen LogP) is 2.84. The van der Waals surface area contributed by atoms with E-state index in [-0.39, 0.29) is 18.3 Å². The van der Waals surface area contributed by atoms with E-state index < -0.39 is 12.1 Å². The molecular weight excluding hydrogens is 411 g/mol. The van der Waals surface area contributed by atoms with E-state index in [0.29, 0.717) is 30.3 Å². The number of hydrogen-bond donors (Lipinski definition) is 0. The van der Waals surface area contributed by atoms with Crippen LogP contribution in [-0.2, 0) is 11.3 Å². The van der Waals surface area contributed by atoms with E-state index in [1.807, 2.05) is 27.7 Å². The van der Waals surface area contributed by atoms with Crippen LogP contribution < -0.4 is 0 Å². The molecule has 9 heteroatoms. The van der Waals surface area contributed by atoms with Gasteiger partial charge in [-0.05, 0) is 33.3 Å². The molecule has 1 unspecified atom stereocenters. The second-order valence-electron chi connectivity index (χ2n) is 8.28. The number of amidine groups is 1. The summed E-state index contributed by atoms with van der Waals surface area (Å²) >= 11 is 0. The lowest BCUT2D eigenvalue weighted by Crippen LogP contribution is -2.62. The third-order valence-electron chi connectivity index (χ3n) is 6.27. The van der Waals surface area contributed by atoms with Crippen LogP contribution in [0.1, 0.15) is 42.3 Å². The number of urea groups is 1. The Morgan fingerprint density at radius 2 is 1.88 bits per heavy atom. The number of halogens is 1. The minimum Gasteiger partial charge on any atom is -0.270 e. The molecule has 1 fully saturated rings. The number of amides is 3. The van der Waals surface area contributed by atoms with Crippen LogP contribution in [0, 0.1) is 26.6 Å². The number of nitrogens with zero attached hydrogens (tertiary/aromatic N) is 6. The van der Waals surface area contributed by atoms with E-state index in [2.05, 4.69) is 5.10 Å². The average Bonchev–Trinajstić information content (AvgIpc) is 3.26. The molecule has 1 saturated heterocycles. The highest BCUT2D eigenvalue weighted by atomic mass is 19.1. The normalized spacial score (nSPS) is 18.6. The maximum absolute atomic E-state index is 14.6. The Bertz CT molecular complexity index is 1170. The summed E-state index contributed by atoms with van der Waals surface area (Å²) in [7, 11) is 1.62. The largest absolute Gasteiger partial charge is 0.421 e. The quantitative estimate of drug-likeness (QED) is 0.673. The first kappa shape index (κ1) is 21.9. The average molecular weight is 440 g/mol. The number of fused-ring (bicyclic) bond motifs is 1. The van der Waals surface area contributed by atoms with E-state index in [9.17, 15) is 14.0 Å². The van der Waals surface area contributed by atoms with Crippen molar-refractivity contribution in [2.45, 2.75) is 53.1 Å². The molecule has 0 N–H and O–H groups in total. The molecule has 1 aromatic heterocycles. The van der Waals surface area contributed by atoms with Gasteiger partial charge in [-0.25, -0.2) is 13.8 Å². The summed E-state index contributed by atoms with van der Waals surface area (Å²) in [5.74, 6) is 0.0434. The number of aryl methyl sites for hydroxylation is 1. The van der Waals surface area contributed by atoms with Crippen LogP contribution in [-0.4, -0.2) is 67.5 Å². The molecular formula is C23H28FN6O2+. The number of unbranched alkanes of at least 4 members (excludes halogenated alkanes) is 1. The Kier molecular flexibility index (Phi) is 5.66. The van der Waals surface area contributed by atoms with Crippen LogP contribution in [0.4, 0.5) is 9.18 Å². The first-order valence-electron chi connectivity index (χ1n) is 10.8. The van der Waals surface area contributed by atoms with Crippen molar-refractivity contribution in [3.05, 3.63) is 52.6 Å². The fraction of sp³-hybridized carbons (Fsp3) is 0.435. The van der Waals surface area contributed by atoms with Gasteiger partial charge >= 0.3 is 12.0 Å². The molecule has 3 heterocycles. The topological polar surface area (TPSA) is 73.8 Å². The van der Waals surface area contributed by atoms with Gasteiger partial charge in [0, 0.05) is 24.7 Å². The molecule has 0 radical (unpaired) electrons. The summed E-state index contributed by atoms with van der Waals surface area (Å²) in [6, 6.07) is 5.25. The Balaban J connectivity index is 1.87. The molecule has 0 saturated carbocycles. The Labute approximate surface area is 186 Å². The molecule has 0 bridgehead atoms.